The monoisotopic (exact) mass is 868 g/mol. The molecule has 12 heteroatoms. The van der Waals surface area contributed by atoms with Crippen LogP contribution >= 0.6 is 21.6 Å². The number of carbonyl (C=O) groups excluding carboxylic acids is 1. The lowest BCUT2D eigenvalue weighted by molar-refractivity contribution is -0.122. The summed E-state index contributed by atoms with van der Waals surface area (Å²) in [6.07, 6.45) is 17.1. The predicted octanol–water partition coefficient (Wildman–Crippen LogP) is 6.38. The van der Waals surface area contributed by atoms with E-state index >= 15 is 0 Å². The van der Waals surface area contributed by atoms with Crippen LogP contribution in [0.4, 0.5) is 0 Å². The van der Waals surface area contributed by atoms with Crippen molar-refractivity contribution < 1.29 is 29.6 Å². The fourth-order valence-electron chi connectivity index (χ4n) is 11.6. The minimum atomic E-state index is -1.08. The van der Waals surface area contributed by atoms with Crippen LogP contribution in [0.3, 0.4) is 0 Å². The van der Waals surface area contributed by atoms with Crippen molar-refractivity contribution in [1.82, 2.24) is 10.2 Å². The Balaban J connectivity index is 1.05. The molecular weight excluding hydrogens is 817 g/mol. The van der Waals surface area contributed by atoms with Gasteiger partial charge in [0.25, 0.3) is 0 Å². The number of benzene rings is 2. The number of nitrogens with zero attached hydrogens (tertiary/aromatic N) is 2. The molecule has 0 aromatic heterocycles. The summed E-state index contributed by atoms with van der Waals surface area (Å²) in [5.41, 5.74) is 15.0. The molecule has 6 N–H and O–H groups in total. The summed E-state index contributed by atoms with van der Waals surface area (Å²) in [7, 11) is 3.54. The zero-order valence-electron chi connectivity index (χ0n) is 34.8. The summed E-state index contributed by atoms with van der Waals surface area (Å²) in [4.78, 5) is 20.9. The summed E-state index contributed by atoms with van der Waals surface area (Å²) in [6.45, 7) is 3.20. The van der Waals surface area contributed by atoms with Gasteiger partial charge in [-0.3, -0.25) is 15.1 Å². The molecule has 10 bridgehead atoms. The number of fused-ring (bicyclic) bond motifs is 1. The molecule has 11 aliphatic rings. The van der Waals surface area contributed by atoms with Crippen LogP contribution in [0.5, 0.6) is 11.5 Å². The summed E-state index contributed by atoms with van der Waals surface area (Å²) in [5, 5.41) is 37.8. The normalized spacial score (nSPS) is 33.2. The van der Waals surface area contributed by atoms with E-state index in [1.807, 2.05) is 43.5 Å². The fourth-order valence-corrected chi connectivity index (χ4v) is 14.2. The van der Waals surface area contributed by atoms with E-state index in [9.17, 15) is 20.1 Å². The second-order valence-electron chi connectivity index (χ2n) is 18.7. The van der Waals surface area contributed by atoms with Gasteiger partial charge < -0.3 is 35.4 Å². The van der Waals surface area contributed by atoms with Gasteiger partial charge in [-0.15, -0.1) is 0 Å². The molecule has 1 saturated carbocycles. The van der Waals surface area contributed by atoms with Gasteiger partial charge in [0.2, 0.25) is 0 Å². The molecule has 3 aliphatic carbocycles. The van der Waals surface area contributed by atoms with Crippen LogP contribution in [-0.2, 0) is 22.4 Å². The van der Waals surface area contributed by atoms with Crippen LogP contribution in [-0.4, -0.2) is 69.0 Å². The van der Waals surface area contributed by atoms with E-state index in [0.29, 0.717) is 43.2 Å². The Kier molecular flexibility index (Phi) is 10.3. The van der Waals surface area contributed by atoms with E-state index in [0.717, 1.165) is 76.1 Å². The van der Waals surface area contributed by atoms with E-state index in [4.69, 9.17) is 20.2 Å². The molecule has 0 amide bonds. The number of carbonyl (C=O) groups is 1. The molecular formula is C50H52N4O6S2. The highest BCUT2D eigenvalue weighted by Crippen LogP contribution is 2.55. The second-order valence-corrected chi connectivity index (χ2v) is 21.2. The van der Waals surface area contributed by atoms with Crippen molar-refractivity contribution in [3.8, 4) is 35.4 Å². The highest BCUT2D eigenvalue weighted by molar-refractivity contribution is 8.76. The van der Waals surface area contributed by atoms with Gasteiger partial charge in [-0.25, -0.2) is 0 Å². The highest BCUT2D eigenvalue weighted by Gasteiger charge is 2.51. The van der Waals surface area contributed by atoms with Crippen LogP contribution in [0.2, 0.25) is 0 Å². The lowest BCUT2D eigenvalue weighted by Gasteiger charge is -2.46. The molecule has 2 spiro atoms. The third-order valence-electron chi connectivity index (χ3n) is 14.9. The maximum absolute atomic E-state index is 13.6. The first kappa shape index (κ1) is 40.5. The molecule has 8 heterocycles. The van der Waals surface area contributed by atoms with Gasteiger partial charge in [0.15, 0.2) is 17.7 Å². The first-order valence-corrected chi connectivity index (χ1v) is 24.7. The van der Waals surface area contributed by atoms with Crippen molar-refractivity contribution in [2.45, 2.75) is 106 Å². The van der Waals surface area contributed by atoms with Gasteiger partial charge in [0.1, 0.15) is 18.0 Å². The molecule has 13 rings (SSSR count). The average Bonchev–Trinajstić information content (AvgIpc) is 4.01. The Hall–Kier alpha value is -4.24. The molecule has 320 valence electrons. The Labute approximate surface area is 371 Å². The third kappa shape index (κ3) is 6.72. The maximum Gasteiger partial charge on any atom is 0.187 e. The average molecular weight is 869 g/mol. The topological polar surface area (TPSA) is 150 Å². The number of hydrogen-bond donors (Lipinski definition) is 5. The second kappa shape index (κ2) is 15.8. The Morgan fingerprint density at radius 3 is 2.82 bits per heavy atom. The quantitative estimate of drug-likeness (QED) is 0.125. The van der Waals surface area contributed by atoms with Gasteiger partial charge in [-0.1, -0.05) is 102 Å². The standard InChI is InChI=1S/C50H52N4O6S2/c1-28-4-8-32(41(57)20-28)42(58)21-30(55)7-5-29-6-13-43-46-37(29)25-61-62-27-50-17-14-31-35-22-52-39-24-54(23-36(35)39)48(60-46)38(49(18-19-59-43)15-2-3-16-49)11-12-40(56)33-9-10-34(45(50)44(31)33)47(51)53-26-50/h4,6,8-10,13-14,17,22-23,28,31-32,38,40-42,47-48,53,56-58H,2-3,5,7,15-16,20-21,24-27,51H2,1H3/t28-,31-,32-,38-,40+,41-,42+,47+,48+,50+/m1/s1. The van der Waals surface area contributed by atoms with E-state index in [1.165, 1.54) is 5.56 Å². The Bertz CT molecular complexity index is 2520. The number of aryl methyl sites for hydroxylation is 1. The van der Waals surface area contributed by atoms with Crippen LogP contribution in [0.25, 0.3) is 0 Å². The lowest BCUT2D eigenvalue weighted by Crippen LogP contribution is -2.50. The summed E-state index contributed by atoms with van der Waals surface area (Å²) >= 11 is 0. The van der Waals surface area contributed by atoms with Crippen molar-refractivity contribution in [3.05, 3.63) is 105 Å². The summed E-state index contributed by atoms with van der Waals surface area (Å²) in [6, 6.07) is 8.05. The van der Waals surface area contributed by atoms with E-state index in [-0.39, 0.29) is 36.6 Å². The molecule has 0 radical (unpaired) electrons. The predicted molar refractivity (Wildman–Crippen MR) is 242 cm³/mol. The van der Waals surface area contributed by atoms with Gasteiger partial charge in [0, 0.05) is 71.7 Å². The molecule has 10 nitrogen and oxygen atoms in total. The first-order valence-electron chi connectivity index (χ1n) is 22.2. The SMILES string of the molecule is C[C@@H]1C=C[C@@H]([C@@H](O)CC(=O)CCc2ccc3c4c2CSSC[C@@]25C=C[C@@H]6C7=CN=C8CN(C=C78)[C@@H](O4)[C@@H](C#C[C@H](O)c4ccc(c2c46)[C@@H](N)NC5)C2(C#CO3)CCCC2)[C@H](O)C1. The number of Topliss-reactive ketones (excluding diaryl/α,β-unsaturated/α-hetero) is 1. The minimum Gasteiger partial charge on any atom is -0.465 e. The zero-order valence-corrected chi connectivity index (χ0v) is 36.4. The molecule has 0 saturated heterocycles. The first-order chi connectivity index (χ1) is 30.1. The smallest absolute Gasteiger partial charge is 0.187 e. The van der Waals surface area contributed by atoms with Crippen molar-refractivity contribution in [3.63, 3.8) is 0 Å². The third-order valence-corrected chi connectivity index (χ3v) is 17.3. The van der Waals surface area contributed by atoms with E-state index in [1.54, 1.807) is 21.6 Å². The largest absolute Gasteiger partial charge is 0.465 e. The van der Waals surface area contributed by atoms with Crippen LogP contribution < -0.4 is 20.5 Å². The van der Waals surface area contributed by atoms with Crippen molar-refractivity contribution >= 4 is 33.1 Å². The number of allylic oxidation sites excluding steroid dienone is 3. The van der Waals surface area contributed by atoms with Gasteiger partial charge in [0.05, 0.1) is 42.0 Å². The lowest BCUT2D eigenvalue weighted by atomic mass is 9.64. The number of nitrogens with two attached hydrogens (primary N) is 1. The number of aliphatic hydroxyl groups excluding tert-OH is 3. The maximum atomic E-state index is 13.6. The van der Waals surface area contributed by atoms with E-state index < -0.39 is 47.2 Å². The van der Waals surface area contributed by atoms with Crippen LogP contribution in [0, 0.1) is 47.0 Å². The molecule has 2 aromatic carbocycles. The van der Waals surface area contributed by atoms with Gasteiger partial charge in [-0.2, -0.15) is 0 Å². The highest BCUT2D eigenvalue weighted by atomic mass is 33.1. The van der Waals surface area contributed by atoms with Crippen molar-refractivity contribution in [1.29, 1.82) is 0 Å². The number of nitrogens with one attached hydrogen (secondary N) is 1. The number of rotatable bonds is 6. The Morgan fingerprint density at radius 1 is 1.11 bits per heavy atom. The zero-order chi connectivity index (χ0) is 42.3. The number of hydrogen-bond acceptors (Lipinski definition) is 12. The van der Waals surface area contributed by atoms with Crippen LogP contribution in [0.1, 0.15) is 103 Å². The summed E-state index contributed by atoms with van der Waals surface area (Å²) in [5.74, 6) is 12.2. The van der Waals surface area contributed by atoms with Crippen molar-refractivity contribution in [2.75, 3.05) is 18.8 Å². The number of ketones is 1. The van der Waals surface area contributed by atoms with Crippen molar-refractivity contribution in [2.24, 2.45) is 33.9 Å². The number of aliphatic imine (C=N–C) groups is 1. The molecule has 2 aromatic rings. The Morgan fingerprint density at radius 2 is 1.97 bits per heavy atom. The molecule has 1 fully saturated rings. The number of ether oxygens (including phenoxy) is 2. The molecule has 8 aliphatic heterocycles. The molecule has 62 heavy (non-hydrogen) atoms. The number of aliphatic hydroxyl groups is 3. The van der Waals surface area contributed by atoms with Crippen LogP contribution in [0.15, 0.2) is 77.1 Å². The van der Waals surface area contributed by atoms with Gasteiger partial charge in [-0.05, 0) is 71.1 Å². The minimum absolute atomic E-state index is 0.0276. The van der Waals surface area contributed by atoms with E-state index in [2.05, 4.69) is 58.5 Å². The van der Waals surface area contributed by atoms with Gasteiger partial charge >= 0.3 is 0 Å². The fraction of sp³-hybridized carbons (Fsp3) is 0.480. The molecule has 10 atom stereocenters. The molecule has 0 unspecified atom stereocenters. The summed E-state index contributed by atoms with van der Waals surface area (Å²) < 4.78 is 13.9.